The Balaban J connectivity index is 2.90. The van der Waals surface area contributed by atoms with Crippen LogP contribution in [0.2, 0.25) is 4.34 Å². The summed E-state index contributed by atoms with van der Waals surface area (Å²) in [4.78, 5) is 14.8. The van der Waals surface area contributed by atoms with E-state index in [0.29, 0.717) is 9.34 Å². The highest BCUT2D eigenvalue weighted by Crippen LogP contribution is 2.32. The molecule has 2 N–H and O–H groups in total. The second kappa shape index (κ2) is 4.92. The van der Waals surface area contributed by atoms with Crippen molar-refractivity contribution in [1.82, 2.24) is 4.98 Å². The average molecular weight is 250 g/mol. The Hall–Kier alpha value is -0.650. The summed E-state index contributed by atoms with van der Waals surface area (Å²) in [6, 6.07) is 0. The van der Waals surface area contributed by atoms with Gasteiger partial charge in [-0.1, -0.05) is 25.4 Å². The van der Waals surface area contributed by atoms with Crippen LogP contribution in [0.5, 0.6) is 0 Å². The van der Waals surface area contributed by atoms with Gasteiger partial charge in [-0.3, -0.25) is 4.79 Å². The van der Waals surface area contributed by atoms with Crippen LogP contribution in [0, 0.1) is 11.8 Å². The molecule has 0 aliphatic carbocycles. The minimum atomic E-state index is -1.10. The first-order valence-electron chi connectivity index (χ1n) is 4.45. The normalized spacial score (nSPS) is 15.3. The van der Waals surface area contributed by atoms with E-state index in [4.69, 9.17) is 16.7 Å². The molecule has 2 atom stereocenters. The molecule has 15 heavy (non-hydrogen) atoms. The zero-order valence-corrected chi connectivity index (χ0v) is 9.92. The van der Waals surface area contributed by atoms with Gasteiger partial charge in [-0.05, 0) is 5.92 Å². The largest absolute Gasteiger partial charge is 0.481 e. The Kier molecular flexibility index (Phi) is 4.07. The molecule has 1 aromatic rings. The quantitative estimate of drug-likeness (QED) is 0.858. The van der Waals surface area contributed by atoms with Crippen molar-refractivity contribution in [1.29, 1.82) is 0 Å². The van der Waals surface area contributed by atoms with Crippen LogP contribution in [0.4, 0.5) is 0 Å². The van der Waals surface area contributed by atoms with E-state index in [1.807, 2.05) is 0 Å². The van der Waals surface area contributed by atoms with Gasteiger partial charge in [0.1, 0.15) is 15.4 Å². The molecule has 6 heteroatoms. The molecule has 1 aromatic heterocycles. The molecule has 0 radical (unpaired) electrons. The number of aliphatic carboxylic acids is 1. The number of hydrogen-bond donors (Lipinski definition) is 2. The minimum Gasteiger partial charge on any atom is -0.481 e. The molecule has 1 rings (SSSR count). The number of halogens is 1. The van der Waals surface area contributed by atoms with Crippen molar-refractivity contribution < 1.29 is 15.0 Å². The fourth-order valence-electron chi connectivity index (χ4n) is 1.34. The second-order valence-corrected chi connectivity index (χ2v) is 5.25. The molecule has 0 amide bonds. The molecule has 0 aliphatic rings. The van der Waals surface area contributed by atoms with Crippen molar-refractivity contribution in [2.75, 3.05) is 0 Å². The highest BCUT2D eigenvalue weighted by Gasteiger charge is 2.32. The van der Waals surface area contributed by atoms with E-state index in [2.05, 4.69) is 4.98 Å². The first kappa shape index (κ1) is 12.4. The molecular formula is C9H12ClNO3S. The van der Waals surface area contributed by atoms with Gasteiger partial charge >= 0.3 is 5.97 Å². The van der Waals surface area contributed by atoms with Crippen molar-refractivity contribution in [3.63, 3.8) is 0 Å². The highest BCUT2D eigenvalue weighted by molar-refractivity contribution is 7.15. The van der Waals surface area contributed by atoms with Crippen LogP contribution in [0.1, 0.15) is 25.0 Å². The lowest BCUT2D eigenvalue weighted by atomic mass is 9.91. The van der Waals surface area contributed by atoms with E-state index in [9.17, 15) is 9.90 Å². The van der Waals surface area contributed by atoms with E-state index < -0.39 is 18.0 Å². The van der Waals surface area contributed by atoms with Crippen LogP contribution in [-0.2, 0) is 4.79 Å². The number of aliphatic hydroxyl groups is 1. The maximum absolute atomic E-state index is 10.9. The third-order valence-corrected chi connectivity index (χ3v) is 3.28. The first-order valence-corrected chi connectivity index (χ1v) is 5.65. The Morgan fingerprint density at radius 3 is 2.53 bits per heavy atom. The van der Waals surface area contributed by atoms with Gasteiger partial charge in [0.2, 0.25) is 0 Å². The van der Waals surface area contributed by atoms with E-state index in [-0.39, 0.29) is 5.92 Å². The maximum atomic E-state index is 10.9. The molecule has 0 fully saturated rings. The number of carbonyl (C=O) groups is 1. The predicted molar refractivity (Wildman–Crippen MR) is 58.0 cm³/mol. The summed E-state index contributed by atoms with van der Waals surface area (Å²) in [6.45, 7) is 3.49. The van der Waals surface area contributed by atoms with Gasteiger partial charge in [0, 0.05) is 0 Å². The molecule has 0 aliphatic heterocycles. The zero-order chi connectivity index (χ0) is 11.6. The number of aromatic nitrogens is 1. The third kappa shape index (κ3) is 2.90. The van der Waals surface area contributed by atoms with Crippen LogP contribution in [0.25, 0.3) is 0 Å². The molecule has 0 spiro atoms. The summed E-state index contributed by atoms with van der Waals surface area (Å²) < 4.78 is 0.442. The number of thiazole rings is 1. The monoisotopic (exact) mass is 249 g/mol. The Morgan fingerprint density at radius 2 is 2.20 bits per heavy atom. The van der Waals surface area contributed by atoms with Crippen LogP contribution in [0.3, 0.4) is 0 Å². The van der Waals surface area contributed by atoms with E-state index in [1.54, 1.807) is 13.8 Å². The number of nitrogens with zero attached hydrogens (tertiary/aromatic N) is 1. The van der Waals surface area contributed by atoms with E-state index >= 15 is 0 Å². The molecule has 1 heterocycles. The summed E-state index contributed by atoms with van der Waals surface area (Å²) in [5.74, 6) is -2.05. The molecule has 0 bridgehead atoms. The van der Waals surface area contributed by atoms with Gasteiger partial charge in [0.15, 0.2) is 0 Å². The number of hydrogen-bond acceptors (Lipinski definition) is 4. The summed E-state index contributed by atoms with van der Waals surface area (Å²) in [6.07, 6.45) is 0.310. The molecule has 0 saturated heterocycles. The third-order valence-electron chi connectivity index (χ3n) is 2.09. The topological polar surface area (TPSA) is 70.4 Å². The average Bonchev–Trinajstić information content (AvgIpc) is 2.50. The van der Waals surface area contributed by atoms with Gasteiger partial charge in [-0.25, -0.2) is 4.98 Å². The van der Waals surface area contributed by atoms with Gasteiger partial charge in [-0.15, -0.1) is 11.3 Å². The zero-order valence-electron chi connectivity index (χ0n) is 8.35. The van der Waals surface area contributed by atoms with Crippen LogP contribution >= 0.6 is 22.9 Å². The Morgan fingerprint density at radius 1 is 1.60 bits per heavy atom. The van der Waals surface area contributed by atoms with Gasteiger partial charge in [-0.2, -0.15) is 0 Å². The van der Waals surface area contributed by atoms with Crippen LogP contribution < -0.4 is 0 Å². The predicted octanol–water partition coefficient (Wildman–Crippen LogP) is 2.19. The minimum absolute atomic E-state index is 0.167. The molecule has 0 saturated carbocycles. The smallest absolute Gasteiger partial charge is 0.309 e. The molecule has 0 aromatic carbocycles. The lowest BCUT2D eigenvalue weighted by Gasteiger charge is -2.20. The fraction of sp³-hybridized carbons (Fsp3) is 0.556. The highest BCUT2D eigenvalue weighted by atomic mass is 35.5. The van der Waals surface area contributed by atoms with Crippen LogP contribution in [0.15, 0.2) is 6.20 Å². The van der Waals surface area contributed by atoms with Crippen molar-refractivity contribution in [3.8, 4) is 0 Å². The van der Waals surface area contributed by atoms with Crippen molar-refractivity contribution in [2.24, 2.45) is 11.8 Å². The Labute approximate surface area is 96.5 Å². The van der Waals surface area contributed by atoms with E-state index in [0.717, 1.165) is 11.3 Å². The number of carboxylic acid groups (broad SMARTS) is 1. The van der Waals surface area contributed by atoms with E-state index in [1.165, 1.54) is 6.20 Å². The molecule has 4 nitrogen and oxygen atoms in total. The lowest BCUT2D eigenvalue weighted by molar-refractivity contribution is -0.148. The number of carboxylic acids is 1. The van der Waals surface area contributed by atoms with Crippen LogP contribution in [-0.4, -0.2) is 21.2 Å². The number of aliphatic hydroxyl groups excluding tert-OH is 1. The molecular weight excluding hydrogens is 238 g/mol. The van der Waals surface area contributed by atoms with Gasteiger partial charge < -0.3 is 10.2 Å². The molecule has 2 unspecified atom stereocenters. The van der Waals surface area contributed by atoms with Gasteiger partial charge in [0.05, 0.1) is 12.1 Å². The van der Waals surface area contributed by atoms with Crippen molar-refractivity contribution in [3.05, 3.63) is 15.5 Å². The first-order chi connectivity index (χ1) is 6.93. The van der Waals surface area contributed by atoms with Crippen molar-refractivity contribution in [2.45, 2.75) is 20.0 Å². The summed E-state index contributed by atoms with van der Waals surface area (Å²) in [7, 11) is 0. The number of rotatable bonds is 4. The summed E-state index contributed by atoms with van der Waals surface area (Å²) >= 11 is 6.77. The SMILES string of the molecule is CC(C)C(C(=O)O)C(O)c1ncc(Cl)s1. The summed E-state index contributed by atoms with van der Waals surface area (Å²) in [5.41, 5.74) is 0. The second-order valence-electron chi connectivity index (χ2n) is 3.56. The lowest BCUT2D eigenvalue weighted by Crippen LogP contribution is -2.26. The summed E-state index contributed by atoms with van der Waals surface area (Å²) in [5, 5.41) is 19.2. The maximum Gasteiger partial charge on any atom is 0.309 e. The molecule has 84 valence electrons. The Bertz CT molecular complexity index is 353. The van der Waals surface area contributed by atoms with Gasteiger partial charge in [0.25, 0.3) is 0 Å². The standard InChI is InChI=1S/C9H12ClNO3S/c1-4(2)6(9(13)14)7(12)8-11-3-5(10)15-8/h3-4,6-7,12H,1-2H3,(H,13,14). The fourth-order valence-corrected chi connectivity index (χ4v) is 2.31. The van der Waals surface area contributed by atoms with Crippen molar-refractivity contribution >= 4 is 28.9 Å².